The summed E-state index contributed by atoms with van der Waals surface area (Å²) < 4.78 is 24.3. The van der Waals surface area contributed by atoms with Crippen LogP contribution in [0.4, 0.5) is 4.39 Å². The second-order valence-corrected chi connectivity index (χ2v) is 8.04. The van der Waals surface area contributed by atoms with E-state index in [-0.39, 0.29) is 23.2 Å². The molecule has 1 aliphatic carbocycles. The van der Waals surface area contributed by atoms with Crippen LogP contribution >= 0.6 is 0 Å². The smallest absolute Gasteiger partial charge is 0.337 e. The van der Waals surface area contributed by atoms with Crippen LogP contribution in [0.5, 0.6) is 0 Å². The Kier molecular flexibility index (Phi) is 6.10. The van der Waals surface area contributed by atoms with E-state index in [4.69, 9.17) is 9.47 Å². The molecule has 0 amide bonds. The van der Waals surface area contributed by atoms with Crippen LogP contribution in [-0.2, 0) is 23.9 Å². The molecule has 160 valence electrons. The Hall–Kier alpha value is -2.96. The lowest BCUT2D eigenvalue weighted by Gasteiger charge is -2.38. The largest absolute Gasteiger partial charge is 0.468 e. The highest BCUT2D eigenvalue weighted by atomic mass is 19.1. The molecule has 1 heterocycles. The molecule has 30 heavy (non-hydrogen) atoms. The van der Waals surface area contributed by atoms with Crippen molar-refractivity contribution in [1.82, 2.24) is 5.32 Å². The van der Waals surface area contributed by atoms with Crippen LogP contribution in [0.3, 0.4) is 0 Å². The van der Waals surface area contributed by atoms with E-state index in [0.29, 0.717) is 23.4 Å². The molecule has 0 saturated carbocycles. The summed E-state index contributed by atoms with van der Waals surface area (Å²) in [6.07, 6.45) is 0.0579. The molecule has 0 saturated heterocycles. The van der Waals surface area contributed by atoms with E-state index in [1.165, 1.54) is 25.3 Å². The number of esters is 2. The van der Waals surface area contributed by atoms with E-state index in [1.807, 2.05) is 6.92 Å². The molecule has 0 aromatic heterocycles. The monoisotopic (exact) mass is 415 g/mol. The van der Waals surface area contributed by atoms with Gasteiger partial charge in [-0.25, -0.2) is 9.18 Å². The van der Waals surface area contributed by atoms with Crippen LogP contribution in [0.1, 0.15) is 45.6 Å². The van der Waals surface area contributed by atoms with Gasteiger partial charge in [-0.05, 0) is 50.8 Å². The summed E-state index contributed by atoms with van der Waals surface area (Å²) in [5, 5.41) is 3.17. The molecular formula is C23H26FNO5. The summed E-state index contributed by atoms with van der Waals surface area (Å²) in [6.45, 7) is 7.00. The van der Waals surface area contributed by atoms with Crippen LogP contribution in [0.15, 0.2) is 46.8 Å². The zero-order valence-corrected chi connectivity index (χ0v) is 17.7. The normalized spacial score (nSPS) is 23.8. The molecule has 1 aliphatic heterocycles. The molecule has 0 bridgehead atoms. The van der Waals surface area contributed by atoms with Gasteiger partial charge in [0.1, 0.15) is 11.7 Å². The molecule has 3 rings (SSSR count). The summed E-state index contributed by atoms with van der Waals surface area (Å²) in [6, 6.07) is 5.79. The number of carbonyl (C=O) groups is 3. The highest BCUT2D eigenvalue weighted by Gasteiger charge is 2.47. The lowest BCUT2D eigenvalue weighted by Crippen LogP contribution is -2.43. The van der Waals surface area contributed by atoms with Gasteiger partial charge in [-0.3, -0.25) is 9.59 Å². The summed E-state index contributed by atoms with van der Waals surface area (Å²) in [7, 11) is 1.24. The number of ether oxygens (including phenoxy) is 2. The minimum atomic E-state index is -0.979. The molecule has 1 aromatic rings. The third-order valence-electron chi connectivity index (χ3n) is 5.49. The quantitative estimate of drug-likeness (QED) is 0.600. The number of rotatable bonds is 4. The molecule has 3 atom stereocenters. The minimum Gasteiger partial charge on any atom is -0.468 e. The zero-order chi connectivity index (χ0) is 22.2. The van der Waals surface area contributed by atoms with Crippen molar-refractivity contribution in [3.8, 4) is 0 Å². The van der Waals surface area contributed by atoms with Gasteiger partial charge in [0.15, 0.2) is 5.78 Å². The van der Waals surface area contributed by atoms with Crippen molar-refractivity contribution < 1.29 is 28.2 Å². The lowest BCUT2D eigenvalue weighted by molar-refractivity contribution is -0.151. The Balaban J connectivity index is 2.19. The topological polar surface area (TPSA) is 81.7 Å². The van der Waals surface area contributed by atoms with Gasteiger partial charge >= 0.3 is 11.9 Å². The molecule has 0 radical (unpaired) electrons. The molecule has 0 fully saturated rings. The SMILES string of the molecule is COC(=O)[C@H]1C(=O)C2=C(C[C@@H]1C)NC(C)=C(C(=O)OC(C)C)[C@@H]2c1cccc(F)c1. The van der Waals surface area contributed by atoms with E-state index in [2.05, 4.69) is 5.32 Å². The van der Waals surface area contributed by atoms with E-state index in [0.717, 1.165) is 0 Å². The van der Waals surface area contributed by atoms with Gasteiger partial charge in [-0.15, -0.1) is 0 Å². The van der Waals surface area contributed by atoms with E-state index >= 15 is 0 Å². The van der Waals surface area contributed by atoms with Crippen molar-refractivity contribution in [3.63, 3.8) is 0 Å². The lowest BCUT2D eigenvalue weighted by atomic mass is 9.69. The number of benzene rings is 1. The van der Waals surface area contributed by atoms with Crippen molar-refractivity contribution in [2.75, 3.05) is 7.11 Å². The van der Waals surface area contributed by atoms with Gasteiger partial charge in [0, 0.05) is 22.9 Å². The zero-order valence-electron chi connectivity index (χ0n) is 17.7. The maximum Gasteiger partial charge on any atom is 0.337 e. The first-order valence-electron chi connectivity index (χ1n) is 9.95. The van der Waals surface area contributed by atoms with E-state index < -0.39 is 35.4 Å². The predicted octanol–water partition coefficient (Wildman–Crippen LogP) is 3.39. The van der Waals surface area contributed by atoms with Gasteiger partial charge in [-0.1, -0.05) is 19.1 Å². The first kappa shape index (κ1) is 21.7. The average molecular weight is 415 g/mol. The fourth-order valence-corrected chi connectivity index (χ4v) is 4.25. The minimum absolute atomic E-state index is 0.236. The van der Waals surface area contributed by atoms with Crippen LogP contribution in [0, 0.1) is 17.7 Å². The number of Topliss-reactive ketones (excluding diaryl/α,β-unsaturated/α-hetero) is 1. The highest BCUT2D eigenvalue weighted by molar-refractivity contribution is 6.12. The number of ketones is 1. The van der Waals surface area contributed by atoms with Crippen LogP contribution in [0.25, 0.3) is 0 Å². The number of carbonyl (C=O) groups excluding carboxylic acids is 3. The summed E-state index contributed by atoms with van der Waals surface area (Å²) in [5.41, 5.74) is 2.16. The molecule has 2 aliphatic rings. The fourth-order valence-electron chi connectivity index (χ4n) is 4.25. The Morgan fingerprint density at radius 1 is 1.27 bits per heavy atom. The van der Waals surface area contributed by atoms with Crippen LogP contribution < -0.4 is 5.32 Å². The van der Waals surface area contributed by atoms with Crippen molar-refractivity contribution >= 4 is 17.7 Å². The van der Waals surface area contributed by atoms with Gasteiger partial charge in [-0.2, -0.15) is 0 Å². The number of nitrogens with one attached hydrogen (secondary N) is 1. The maximum atomic E-state index is 14.1. The third-order valence-corrected chi connectivity index (χ3v) is 5.49. The standard InChI is InChI=1S/C23H26FNO5/c1-11(2)30-23(28)18-13(4)25-16-9-12(3)17(22(27)29-5)21(26)20(16)19(18)14-7-6-8-15(24)10-14/h6-8,10-12,17,19,25H,9H2,1-5H3/t12-,17+,19-/m0/s1. The highest BCUT2D eigenvalue weighted by Crippen LogP contribution is 2.45. The van der Waals surface area contributed by atoms with Gasteiger partial charge in [0.2, 0.25) is 0 Å². The third kappa shape index (κ3) is 3.88. The number of hydrogen-bond acceptors (Lipinski definition) is 6. The molecule has 1 N–H and O–H groups in total. The Labute approximate surface area is 175 Å². The van der Waals surface area contributed by atoms with Gasteiger partial charge in [0.25, 0.3) is 0 Å². The predicted molar refractivity (Wildman–Crippen MR) is 108 cm³/mol. The van der Waals surface area contributed by atoms with E-state index in [9.17, 15) is 18.8 Å². The van der Waals surface area contributed by atoms with Crippen molar-refractivity contribution in [2.24, 2.45) is 11.8 Å². The second kappa shape index (κ2) is 8.42. The summed E-state index contributed by atoms with van der Waals surface area (Å²) in [4.78, 5) is 38.8. The number of dihydropyridines is 1. The Morgan fingerprint density at radius 2 is 1.97 bits per heavy atom. The Morgan fingerprint density at radius 3 is 2.57 bits per heavy atom. The average Bonchev–Trinajstić information content (AvgIpc) is 2.65. The maximum absolute atomic E-state index is 14.1. The van der Waals surface area contributed by atoms with Crippen LogP contribution in [0.2, 0.25) is 0 Å². The molecule has 6 nitrogen and oxygen atoms in total. The number of allylic oxidation sites excluding steroid dienone is 3. The van der Waals surface area contributed by atoms with Crippen molar-refractivity contribution in [1.29, 1.82) is 0 Å². The van der Waals surface area contributed by atoms with Gasteiger partial charge in [0.05, 0.1) is 18.8 Å². The molecule has 0 unspecified atom stereocenters. The van der Waals surface area contributed by atoms with Crippen molar-refractivity contribution in [2.45, 2.75) is 46.1 Å². The number of hydrogen-bond donors (Lipinski definition) is 1. The molecule has 0 spiro atoms. The number of halogens is 1. The summed E-state index contributed by atoms with van der Waals surface area (Å²) >= 11 is 0. The first-order chi connectivity index (χ1) is 14.1. The summed E-state index contributed by atoms with van der Waals surface area (Å²) in [5.74, 6) is -4.20. The second-order valence-electron chi connectivity index (χ2n) is 8.04. The van der Waals surface area contributed by atoms with Gasteiger partial charge < -0.3 is 14.8 Å². The molecular weight excluding hydrogens is 389 g/mol. The molecule has 7 heteroatoms. The fraction of sp³-hybridized carbons (Fsp3) is 0.435. The first-order valence-corrected chi connectivity index (χ1v) is 9.95. The van der Waals surface area contributed by atoms with Crippen LogP contribution in [-0.4, -0.2) is 30.9 Å². The van der Waals surface area contributed by atoms with E-state index in [1.54, 1.807) is 26.8 Å². The number of methoxy groups -OCH3 is 1. The Bertz CT molecular complexity index is 962. The molecule has 1 aromatic carbocycles. The van der Waals surface area contributed by atoms with Crippen molar-refractivity contribution in [3.05, 3.63) is 58.2 Å².